The number of aryl methyl sites for hydroxylation is 1. The molecule has 0 spiro atoms. The monoisotopic (exact) mass is 322 g/mol. The van der Waals surface area contributed by atoms with Gasteiger partial charge in [-0.05, 0) is 42.9 Å². The van der Waals surface area contributed by atoms with Crippen molar-refractivity contribution in [2.75, 3.05) is 7.11 Å². The molecule has 0 fully saturated rings. The van der Waals surface area contributed by atoms with Crippen molar-refractivity contribution >= 4 is 11.9 Å². The number of hydrogen-bond donors (Lipinski definition) is 3. The van der Waals surface area contributed by atoms with Crippen molar-refractivity contribution in [1.82, 2.24) is 5.32 Å². The molecular formula is C17H26N2O4. The second kappa shape index (κ2) is 9.15. The number of nitrogens with two attached hydrogens (primary N) is 1. The second-order valence-corrected chi connectivity index (χ2v) is 6.02. The van der Waals surface area contributed by atoms with Gasteiger partial charge in [-0.2, -0.15) is 0 Å². The number of carbonyl (C=O) groups excluding carboxylic acids is 1. The van der Waals surface area contributed by atoms with Crippen LogP contribution in [0.25, 0.3) is 0 Å². The van der Waals surface area contributed by atoms with Crippen LogP contribution in [0.1, 0.15) is 32.3 Å². The number of amides is 1. The number of ether oxygens (including phenoxy) is 1. The summed E-state index contributed by atoms with van der Waals surface area (Å²) in [5.41, 5.74) is 6.92. The van der Waals surface area contributed by atoms with Crippen molar-refractivity contribution in [1.29, 1.82) is 0 Å². The van der Waals surface area contributed by atoms with E-state index in [-0.39, 0.29) is 5.92 Å². The fraction of sp³-hybridized carbons (Fsp3) is 0.529. The first kappa shape index (κ1) is 19.0. The smallest absolute Gasteiger partial charge is 0.326 e. The molecule has 2 atom stereocenters. The van der Waals surface area contributed by atoms with Gasteiger partial charge in [0, 0.05) is 0 Å². The fourth-order valence-electron chi connectivity index (χ4n) is 2.22. The van der Waals surface area contributed by atoms with Crippen LogP contribution in [-0.2, 0) is 16.0 Å². The Labute approximate surface area is 137 Å². The first-order valence-corrected chi connectivity index (χ1v) is 7.75. The fourth-order valence-corrected chi connectivity index (χ4v) is 2.22. The van der Waals surface area contributed by atoms with Gasteiger partial charge in [0.2, 0.25) is 5.91 Å². The van der Waals surface area contributed by atoms with Gasteiger partial charge in [-0.3, -0.25) is 4.79 Å². The van der Waals surface area contributed by atoms with E-state index in [0.717, 1.165) is 11.3 Å². The normalized spacial score (nSPS) is 13.4. The number of methoxy groups -OCH3 is 1. The van der Waals surface area contributed by atoms with Gasteiger partial charge in [-0.15, -0.1) is 0 Å². The lowest BCUT2D eigenvalue weighted by Gasteiger charge is -2.19. The lowest BCUT2D eigenvalue weighted by atomic mass is 10.0. The molecule has 0 bridgehead atoms. The summed E-state index contributed by atoms with van der Waals surface area (Å²) in [4.78, 5) is 23.2. The molecule has 1 aromatic rings. The van der Waals surface area contributed by atoms with Crippen molar-refractivity contribution in [2.45, 2.75) is 45.2 Å². The van der Waals surface area contributed by atoms with Crippen LogP contribution in [0.15, 0.2) is 24.3 Å². The van der Waals surface area contributed by atoms with Crippen LogP contribution in [0.2, 0.25) is 0 Å². The SMILES string of the molecule is COc1ccc(CC[C@@H](N)C(=O)N[C@@H](CC(C)C)C(=O)O)cc1. The molecule has 4 N–H and O–H groups in total. The van der Waals surface area contributed by atoms with E-state index in [2.05, 4.69) is 5.32 Å². The highest BCUT2D eigenvalue weighted by Gasteiger charge is 2.23. The van der Waals surface area contributed by atoms with E-state index in [4.69, 9.17) is 15.6 Å². The van der Waals surface area contributed by atoms with Gasteiger partial charge in [0.25, 0.3) is 0 Å². The van der Waals surface area contributed by atoms with Crippen molar-refractivity contribution in [2.24, 2.45) is 11.7 Å². The molecule has 0 saturated carbocycles. The van der Waals surface area contributed by atoms with Crippen molar-refractivity contribution in [3.8, 4) is 5.75 Å². The third kappa shape index (κ3) is 6.69. The molecular weight excluding hydrogens is 296 g/mol. The molecule has 0 radical (unpaired) electrons. The quantitative estimate of drug-likeness (QED) is 0.640. The maximum absolute atomic E-state index is 12.0. The predicted octanol–water partition coefficient (Wildman–Crippen LogP) is 1.57. The summed E-state index contributed by atoms with van der Waals surface area (Å²) in [6.45, 7) is 3.82. The van der Waals surface area contributed by atoms with E-state index < -0.39 is 24.0 Å². The Balaban J connectivity index is 2.50. The van der Waals surface area contributed by atoms with Crippen molar-refractivity contribution < 1.29 is 19.4 Å². The van der Waals surface area contributed by atoms with Gasteiger partial charge in [0.05, 0.1) is 13.2 Å². The van der Waals surface area contributed by atoms with Crippen LogP contribution < -0.4 is 15.8 Å². The number of nitrogens with one attached hydrogen (secondary N) is 1. The number of rotatable bonds is 9. The number of hydrogen-bond acceptors (Lipinski definition) is 4. The van der Waals surface area contributed by atoms with Crippen LogP contribution in [-0.4, -0.2) is 36.2 Å². The molecule has 6 heteroatoms. The highest BCUT2D eigenvalue weighted by Crippen LogP contribution is 2.13. The minimum Gasteiger partial charge on any atom is -0.497 e. The van der Waals surface area contributed by atoms with E-state index in [1.54, 1.807) is 7.11 Å². The van der Waals surface area contributed by atoms with E-state index in [1.165, 1.54) is 0 Å². The minimum atomic E-state index is -1.03. The Bertz CT molecular complexity index is 514. The van der Waals surface area contributed by atoms with Gasteiger partial charge in [-0.25, -0.2) is 4.79 Å². The zero-order chi connectivity index (χ0) is 17.4. The van der Waals surface area contributed by atoms with E-state index in [1.807, 2.05) is 38.1 Å². The molecule has 0 aromatic heterocycles. The molecule has 128 valence electrons. The number of carboxylic acids is 1. The molecule has 23 heavy (non-hydrogen) atoms. The van der Waals surface area contributed by atoms with Gasteiger partial charge in [0.15, 0.2) is 0 Å². The standard InChI is InChI=1S/C17H26N2O4/c1-11(2)10-15(17(21)22)19-16(20)14(18)9-6-12-4-7-13(23-3)8-5-12/h4-5,7-8,11,14-15H,6,9-10,18H2,1-3H3,(H,19,20)(H,21,22)/t14-,15+/m1/s1. The zero-order valence-electron chi connectivity index (χ0n) is 13.9. The first-order chi connectivity index (χ1) is 10.8. The lowest BCUT2D eigenvalue weighted by molar-refractivity contribution is -0.142. The average Bonchev–Trinajstić information content (AvgIpc) is 2.51. The second-order valence-electron chi connectivity index (χ2n) is 6.02. The lowest BCUT2D eigenvalue weighted by Crippen LogP contribution is -2.49. The number of benzene rings is 1. The molecule has 1 aromatic carbocycles. The summed E-state index contributed by atoms with van der Waals surface area (Å²) in [6.07, 6.45) is 1.47. The summed E-state index contributed by atoms with van der Waals surface area (Å²) in [5.74, 6) is -0.512. The highest BCUT2D eigenvalue weighted by atomic mass is 16.5. The zero-order valence-corrected chi connectivity index (χ0v) is 13.9. The summed E-state index contributed by atoms with van der Waals surface area (Å²) in [6, 6.07) is 5.92. The Kier molecular flexibility index (Phi) is 7.54. The van der Waals surface area contributed by atoms with Gasteiger partial charge in [-0.1, -0.05) is 26.0 Å². The predicted molar refractivity (Wildman–Crippen MR) is 88.3 cm³/mol. The Hall–Kier alpha value is -2.08. The molecule has 1 rings (SSSR count). The van der Waals surface area contributed by atoms with Crippen LogP contribution in [0.4, 0.5) is 0 Å². The molecule has 0 saturated heterocycles. The Morgan fingerprint density at radius 3 is 2.35 bits per heavy atom. The largest absolute Gasteiger partial charge is 0.497 e. The molecule has 0 unspecified atom stereocenters. The van der Waals surface area contributed by atoms with E-state index in [9.17, 15) is 9.59 Å². The number of carboxylic acid groups (broad SMARTS) is 1. The van der Waals surface area contributed by atoms with Gasteiger partial charge in [0.1, 0.15) is 11.8 Å². The Morgan fingerprint density at radius 2 is 1.87 bits per heavy atom. The van der Waals surface area contributed by atoms with Crippen molar-refractivity contribution in [3.05, 3.63) is 29.8 Å². The Morgan fingerprint density at radius 1 is 1.26 bits per heavy atom. The third-order valence-electron chi connectivity index (χ3n) is 3.56. The summed E-state index contributed by atoms with van der Waals surface area (Å²) in [7, 11) is 1.60. The number of carbonyl (C=O) groups is 2. The van der Waals surface area contributed by atoms with E-state index >= 15 is 0 Å². The molecule has 6 nitrogen and oxygen atoms in total. The summed E-state index contributed by atoms with van der Waals surface area (Å²) >= 11 is 0. The highest BCUT2D eigenvalue weighted by molar-refractivity contribution is 5.86. The molecule has 0 aliphatic heterocycles. The van der Waals surface area contributed by atoms with Crippen LogP contribution in [0.5, 0.6) is 5.75 Å². The molecule has 0 aliphatic carbocycles. The van der Waals surface area contributed by atoms with Crippen LogP contribution >= 0.6 is 0 Å². The summed E-state index contributed by atoms with van der Waals surface area (Å²) in [5, 5.41) is 11.7. The third-order valence-corrected chi connectivity index (χ3v) is 3.56. The molecule has 0 aliphatic rings. The van der Waals surface area contributed by atoms with E-state index in [0.29, 0.717) is 19.3 Å². The van der Waals surface area contributed by atoms with Crippen LogP contribution in [0.3, 0.4) is 0 Å². The van der Waals surface area contributed by atoms with Crippen molar-refractivity contribution in [3.63, 3.8) is 0 Å². The maximum Gasteiger partial charge on any atom is 0.326 e. The maximum atomic E-state index is 12.0. The summed E-state index contributed by atoms with van der Waals surface area (Å²) < 4.78 is 5.09. The van der Waals surface area contributed by atoms with Gasteiger partial charge >= 0.3 is 5.97 Å². The molecule has 0 heterocycles. The topological polar surface area (TPSA) is 102 Å². The average molecular weight is 322 g/mol. The minimum absolute atomic E-state index is 0.173. The first-order valence-electron chi connectivity index (χ1n) is 7.75. The van der Waals surface area contributed by atoms with Gasteiger partial charge < -0.3 is 20.9 Å². The molecule has 1 amide bonds. The number of aliphatic carboxylic acids is 1. The van der Waals surface area contributed by atoms with Crippen LogP contribution in [0, 0.1) is 5.92 Å².